The molecule has 0 saturated heterocycles. The summed E-state index contributed by atoms with van der Waals surface area (Å²) >= 11 is 0. The molecular weight excluding hydrogens is 233 g/mol. The van der Waals surface area contributed by atoms with Crippen molar-refractivity contribution in [1.29, 1.82) is 0 Å². The van der Waals surface area contributed by atoms with Gasteiger partial charge in [0, 0.05) is 38.4 Å². The third-order valence-electron chi connectivity index (χ3n) is 2.98. The minimum atomic E-state index is -0.274. The van der Waals surface area contributed by atoms with Gasteiger partial charge in [-0.2, -0.15) is 14.6 Å². The maximum atomic E-state index is 13.7. The highest BCUT2D eigenvalue weighted by atomic mass is 19.1. The Kier molecular flexibility index (Phi) is 3.76. The molecule has 0 spiro atoms. The van der Waals surface area contributed by atoms with Crippen LogP contribution >= 0.6 is 0 Å². The molecule has 0 fully saturated rings. The minimum Gasteiger partial charge on any atom is -0.307 e. The average Bonchev–Trinajstić information content (AvgIpc) is 2.89. The van der Waals surface area contributed by atoms with Gasteiger partial charge in [-0.3, -0.25) is 4.68 Å². The highest BCUT2D eigenvalue weighted by Gasteiger charge is 2.12. The lowest BCUT2D eigenvalue weighted by Crippen LogP contribution is -2.17. The zero-order valence-electron chi connectivity index (χ0n) is 10.9. The number of hydrogen-bond donors (Lipinski definition) is 1. The Bertz CT molecular complexity index is 529. The number of halogens is 1. The zero-order valence-corrected chi connectivity index (χ0v) is 10.9. The summed E-state index contributed by atoms with van der Waals surface area (Å²) in [7, 11) is 1.61. The maximum Gasteiger partial charge on any atom is 0.215 e. The average molecular weight is 251 g/mol. The fraction of sp³-hybridized carbons (Fsp3) is 0.500. The molecule has 18 heavy (non-hydrogen) atoms. The Balaban J connectivity index is 1.96. The molecule has 2 heterocycles. The van der Waals surface area contributed by atoms with Crippen molar-refractivity contribution in [2.75, 3.05) is 0 Å². The first-order chi connectivity index (χ1) is 8.63. The van der Waals surface area contributed by atoms with Crippen LogP contribution in [0.15, 0.2) is 12.3 Å². The standard InChI is InChI=1S/C12H18FN5/c1-4-18-10(5-6-15-18)7-14-8-11-9(2)16-17(3)12(11)13/h5-6,14H,4,7-8H2,1-3H3. The summed E-state index contributed by atoms with van der Waals surface area (Å²) in [5.74, 6) is -0.274. The highest BCUT2D eigenvalue weighted by Crippen LogP contribution is 2.10. The molecule has 6 heteroatoms. The first-order valence-corrected chi connectivity index (χ1v) is 6.02. The first kappa shape index (κ1) is 12.8. The summed E-state index contributed by atoms with van der Waals surface area (Å²) in [5, 5.41) is 11.4. The Labute approximate surface area is 106 Å². The van der Waals surface area contributed by atoms with E-state index >= 15 is 0 Å². The summed E-state index contributed by atoms with van der Waals surface area (Å²) in [6.45, 7) is 5.84. The lowest BCUT2D eigenvalue weighted by Gasteiger charge is -2.06. The van der Waals surface area contributed by atoms with Gasteiger partial charge in [0.2, 0.25) is 5.95 Å². The van der Waals surface area contributed by atoms with Crippen molar-refractivity contribution in [2.24, 2.45) is 7.05 Å². The van der Waals surface area contributed by atoms with Crippen molar-refractivity contribution in [3.63, 3.8) is 0 Å². The predicted octanol–water partition coefficient (Wildman–Crippen LogP) is 1.37. The van der Waals surface area contributed by atoms with E-state index in [4.69, 9.17) is 0 Å². The first-order valence-electron chi connectivity index (χ1n) is 6.02. The largest absolute Gasteiger partial charge is 0.307 e. The number of hydrogen-bond acceptors (Lipinski definition) is 3. The summed E-state index contributed by atoms with van der Waals surface area (Å²) in [4.78, 5) is 0. The van der Waals surface area contributed by atoms with Gasteiger partial charge in [0.1, 0.15) is 0 Å². The van der Waals surface area contributed by atoms with Crippen molar-refractivity contribution in [3.8, 4) is 0 Å². The van der Waals surface area contributed by atoms with Gasteiger partial charge in [0.25, 0.3) is 0 Å². The molecule has 5 nitrogen and oxygen atoms in total. The van der Waals surface area contributed by atoms with Crippen molar-refractivity contribution in [3.05, 3.63) is 35.2 Å². The van der Waals surface area contributed by atoms with E-state index in [-0.39, 0.29) is 5.95 Å². The molecule has 0 unspecified atom stereocenters. The number of nitrogens with zero attached hydrogens (tertiary/aromatic N) is 4. The molecule has 1 N–H and O–H groups in total. The van der Waals surface area contributed by atoms with Crippen LogP contribution in [0.4, 0.5) is 4.39 Å². The SMILES string of the molecule is CCn1nccc1CNCc1c(C)nn(C)c1F. The summed E-state index contributed by atoms with van der Waals surface area (Å²) in [6, 6.07) is 1.96. The van der Waals surface area contributed by atoms with Gasteiger partial charge in [0.05, 0.1) is 11.4 Å². The predicted molar refractivity (Wildman–Crippen MR) is 66.3 cm³/mol. The molecule has 2 rings (SSSR count). The van der Waals surface area contributed by atoms with Gasteiger partial charge >= 0.3 is 0 Å². The molecule has 0 amide bonds. The van der Waals surface area contributed by atoms with Gasteiger partial charge in [-0.15, -0.1) is 0 Å². The van der Waals surface area contributed by atoms with E-state index in [9.17, 15) is 4.39 Å². The highest BCUT2D eigenvalue weighted by molar-refractivity contribution is 5.17. The molecule has 0 atom stereocenters. The Morgan fingerprint density at radius 1 is 1.39 bits per heavy atom. The molecule has 0 saturated carbocycles. The fourth-order valence-corrected chi connectivity index (χ4v) is 1.99. The molecule has 0 aromatic carbocycles. The second-order valence-corrected chi connectivity index (χ2v) is 4.22. The van der Waals surface area contributed by atoms with Crippen LogP contribution in [0, 0.1) is 12.9 Å². The molecule has 2 aromatic rings. The van der Waals surface area contributed by atoms with Crippen LogP contribution in [0.1, 0.15) is 23.9 Å². The quantitative estimate of drug-likeness (QED) is 0.873. The van der Waals surface area contributed by atoms with Gasteiger partial charge < -0.3 is 5.32 Å². The molecule has 0 bridgehead atoms. The van der Waals surface area contributed by atoms with Crippen molar-refractivity contribution in [2.45, 2.75) is 33.5 Å². The Morgan fingerprint density at radius 3 is 2.78 bits per heavy atom. The molecule has 2 aromatic heterocycles. The molecule has 0 aliphatic carbocycles. The van der Waals surface area contributed by atoms with E-state index in [0.29, 0.717) is 18.7 Å². The third kappa shape index (κ3) is 2.43. The van der Waals surface area contributed by atoms with Gasteiger partial charge in [-0.05, 0) is 19.9 Å². The molecule has 0 aliphatic rings. The van der Waals surface area contributed by atoms with Crippen molar-refractivity contribution >= 4 is 0 Å². The van der Waals surface area contributed by atoms with Crippen LogP contribution in [0.25, 0.3) is 0 Å². The van der Waals surface area contributed by atoms with Crippen molar-refractivity contribution < 1.29 is 4.39 Å². The Morgan fingerprint density at radius 2 is 2.17 bits per heavy atom. The minimum absolute atomic E-state index is 0.274. The summed E-state index contributed by atoms with van der Waals surface area (Å²) in [6.07, 6.45) is 1.77. The van der Waals surface area contributed by atoms with Crippen LogP contribution in [-0.4, -0.2) is 19.6 Å². The zero-order chi connectivity index (χ0) is 13.1. The lowest BCUT2D eigenvalue weighted by molar-refractivity contribution is 0.488. The van der Waals surface area contributed by atoms with E-state index in [1.165, 1.54) is 4.68 Å². The summed E-state index contributed by atoms with van der Waals surface area (Å²) in [5.41, 5.74) is 2.45. The third-order valence-corrected chi connectivity index (χ3v) is 2.98. The maximum absolute atomic E-state index is 13.7. The van der Waals surface area contributed by atoms with E-state index < -0.39 is 0 Å². The number of aryl methyl sites for hydroxylation is 3. The van der Waals surface area contributed by atoms with Gasteiger partial charge in [-0.1, -0.05) is 0 Å². The van der Waals surface area contributed by atoms with E-state index in [1.54, 1.807) is 13.2 Å². The number of aromatic nitrogens is 4. The van der Waals surface area contributed by atoms with Crippen LogP contribution in [0.5, 0.6) is 0 Å². The van der Waals surface area contributed by atoms with Crippen LogP contribution < -0.4 is 5.32 Å². The fourth-order valence-electron chi connectivity index (χ4n) is 1.99. The van der Waals surface area contributed by atoms with E-state index in [2.05, 4.69) is 15.5 Å². The summed E-state index contributed by atoms with van der Waals surface area (Å²) < 4.78 is 16.9. The second kappa shape index (κ2) is 5.30. The van der Waals surface area contributed by atoms with Crippen LogP contribution in [0.3, 0.4) is 0 Å². The number of nitrogens with one attached hydrogen (secondary N) is 1. The van der Waals surface area contributed by atoms with Crippen LogP contribution in [0.2, 0.25) is 0 Å². The van der Waals surface area contributed by atoms with Crippen molar-refractivity contribution in [1.82, 2.24) is 24.9 Å². The lowest BCUT2D eigenvalue weighted by atomic mass is 10.2. The molecule has 0 radical (unpaired) electrons. The smallest absolute Gasteiger partial charge is 0.215 e. The molecule has 0 aliphatic heterocycles. The van der Waals surface area contributed by atoms with Crippen LogP contribution in [-0.2, 0) is 26.7 Å². The van der Waals surface area contributed by atoms with Gasteiger partial charge in [0.15, 0.2) is 0 Å². The second-order valence-electron chi connectivity index (χ2n) is 4.22. The van der Waals surface area contributed by atoms with E-state index in [1.807, 2.05) is 24.6 Å². The van der Waals surface area contributed by atoms with Gasteiger partial charge in [-0.25, -0.2) is 4.68 Å². The topological polar surface area (TPSA) is 47.7 Å². The van der Waals surface area contributed by atoms with E-state index in [0.717, 1.165) is 17.9 Å². The Hall–Kier alpha value is -1.69. The normalized spacial score (nSPS) is 11.1. The molecule has 98 valence electrons. The monoisotopic (exact) mass is 251 g/mol. The molecular formula is C12H18FN5. The number of rotatable bonds is 5.